The molecule has 2 aromatic rings. The van der Waals surface area contributed by atoms with Crippen LogP contribution in [0, 0.1) is 11.3 Å². The van der Waals surface area contributed by atoms with Gasteiger partial charge in [0.05, 0.1) is 30.5 Å². The van der Waals surface area contributed by atoms with Crippen LogP contribution in [0.1, 0.15) is 29.3 Å². The lowest BCUT2D eigenvalue weighted by Crippen LogP contribution is -2.42. The molecule has 3 N–H and O–H groups in total. The first kappa shape index (κ1) is 18.6. The molecule has 1 atom stereocenters. The minimum absolute atomic E-state index is 0.0119. The van der Waals surface area contributed by atoms with E-state index in [0.717, 1.165) is 16.8 Å². The van der Waals surface area contributed by atoms with Crippen molar-refractivity contribution in [3.8, 4) is 6.07 Å². The number of amides is 2. The molecule has 0 saturated heterocycles. The maximum absolute atomic E-state index is 12.5. The molecule has 3 rings (SSSR count). The van der Waals surface area contributed by atoms with E-state index in [-0.39, 0.29) is 18.7 Å². The molecule has 140 valence electrons. The van der Waals surface area contributed by atoms with Crippen LogP contribution < -0.4 is 10.6 Å². The van der Waals surface area contributed by atoms with Gasteiger partial charge in [0.15, 0.2) is 0 Å². The van der Waals surface area contributed by atoms with Crippen molar-refractivity contribution in [1.82, 2.24) is 20.2 Å². The van der Waals surface area contributed by atoms with E-state index < -0.39 is 0 Å². The van der Waals surface area contributed by atoms with Crippen molar-refractivity contribution in [3.05, 3.63) is 52.8 Å². The molecule has 0 radical (unpaired) electrons. The second kappa shape index (κ2) is 8.47. The Morgan fingerprint density at radius 3 is 3.11 bits per heavy atom. The second-order valence-electron chi connectivity index (χ2n) is 6.54. The highest BCUT2D eigenvalue weighted by Gasteiger charge is 2.22. The predicted molar refractivity (Wildman–Crippen MR) is 99.7 cm³/mol. The number of nitrogens with zero attached hydrogens (tertiary/aromatic N) is 4. The number of rotatable bonds is 5. The number of nitriles is 1. The summed E-state index contributed by atoms with van der Waals surface area (Å²) < 4.78 is 0. The van der Waals surface area contributed by atoms with E-state index in [1.165, 1.54) is 0 Å². The van der Waals surface area contributed by atoms with Crippen molar-refractivity contribution in [3.63, 3.8) is 0 Å². The van der Waals surface area contributed by atoms with Gasteiger partial charge in [0.1, 0.15) is 0 Å². The molecular weight excluding hydrogens is 344 g/mol. The number of aromatic nitrogens is 2. The molecule has 1 aliphatic rings. The third-order valence-corrected chi connectivity index (χ3v) is 4.38. The third-order valence-electron chi connectivity index (χ3n) is 4.38. The largest absolute Gasteiger partial charge is 0.394 e. The number of aliphatic hydroxyl groups excluding tert-OH is 1. The minimum atomic E-state index is -0.167. The van der Waals surface area contributed by atoms with E-state index in [1.54, 1.807) is 29.3 Å². The number of aliphatic hydroxyl groups is 1. The Morgan fingerprint density at radius 2 is 2.33 bits per heavy atom. The van der Waals surface area contributed by atoms with Crippen LogP contribution in [0.4, 0.5) is 10.7 Å². The number of fused-ring (bicyclic) bond motifs is 1. The van der Waals surface area contributed by atoms with Crippen molar-refractivity contribution >= 4 is 12.0 Å². The normalized spacial score (nSPS) is 14.0. The summed E-state index contributed by atoms with van der Waals surface area (Å²) in [7, 11) is 0. The van der Waals surface area contributed by atoms with Gasteiger partial charge in [0.25, 0.3) is 0 Å². The summed E-state index contributed by atoms with van der Waals surface area (Å²) in [5.74, 6) is 0.450. The molecule has 1 aliphatic heterocycles. The lowest BCUT2D eigenvalue weighted by molar-refractivity contribution is 0.191. The van der Waals surface area contributed by atoms with Crippen LogP contribution in [0.15, 0.2) is 30.5 Å². The van der Waals surface area contributed by atoms with Gasteiger partial charge >= 0.3 is 6.03 Å². The Hall–Kier alpha value is -3.18. The van der Waals surface area contributed by atoms with Gasteiger partial charge in [-0.3, -0.25) is 0 Å². The maximum Gasteiger partial charge on any atom is 0.318 e. The van der Waals surface area contributed by atoms with Gasteiger partial charge in [0.2, 0.25) is 5.95 Å². The first-order valence-corrected chi connectivity index (χ1v) is 8.83. The second-order valence-corrected chi connectivity index (χ2v) is 6.54. The number of benzene rings is 1. The molecular formula is C19H22N6O2. The number of hydrogen-bond donors (Lipinski definition) is 3. The Balaban J connectivity index is 1.61. The topological polar surface area (TPSA) is 114 Å². The molecule has 0 fully saturated rings. The van der Waals surface area contributed by atoms with Crippen LogP contribution >= 0.6 is 0 Å². The highest BCUT2D eigenvalue weighted by Crippen LogP contribution is 2.18. The van der Waals surface area contributed by atoms with Crippen molar-refractivity contribution < 1.29 is 9.90 Å². The molecule has 0 bridgehead atoms. The van der Waals surface area contributed by atoms with E-state index in [4.69, 9.17) is 10.4 Å². The lowest BCUT2D eigenvalue weighted by Gasteiger charge is -2.28. The van der Waals surface area contributed by atoms with Gasteiger partial charge in [-0.2, -0.15) is 5.26 Å². The molecule has 1 unspecified atom stereocenters. The Kier molecular flexibility index (Phi) is 5.84. The predicted octanol–water partition coefficient (Wildman–Crippen LogP) is 1.41. The quantitative estimate of drug-likeness (QED) is 0.737. The molecule has 0 aliphatic carbocycles. The minimum Gasteiger partial charge on any atom is -0.394 e. The Labute approximate surface area is 157 Å². The van der Waals surface area contributed by atoms with E-state index in [1.807, 2.05) is 13.0 Å². The fraction of sp³-hybridized carbons (Fsp3) is 0.368. The lowest BCUT2D eigenvalue weighted by atomic mass is 10.1. The van der Waals surface area contributed by atoms with E-state index in [2.05, 4.69) is 26.7 Å². The summed E-state index contributed by atoms with van der Waals surface area (Å²) in [6.45, 7) is 3.19. The van der Waals surface area contributed by atoms with Gasteiger partial charge in [-0.25, -0.2) is 14.8 Å². The van der Waals surface area contributed by atoms with E-state index in [9.17, 15) is 4.79 Å². The first-order valence-electron chi connectivity index (χ1n) is 8.83. The molecule has 2 amide bonds. The Morgan fingerprint density at radius 1 is 1.48 bits per heavy atom. The smallest absolute Gasteiger partial charge is 0.318 e. The number of urea groups is 1. The van der Waals surface area contributed by atoms with Crippen LogP contribution in [-0.2, 0) is 19.5 Å². The first-order chi connectivity index (χ1) is 13.1. The monoisotopic (exact) mass is 366 g/mol. The summed E-state index contributed by atoms with van der Waals surface area (Å²) in [4.78, 5) is 23.0. The van der Waals surface area contributed by atoms with Crippen LogP contribution in [-0.4, -0.2) is 45.2 Å². The highest BCUT2D eigenvalue weighted by atomic mass is 16.3. The molecule has 2 heterocycles. The van der Waals surface area contributed by atoms with Gasteiger partial charge in [-0.05, 0) is 36.6 Å². The molecule has 8 nitrogen and oxygen atoms in total. The summed E-state index contributed by atoms with van der Waals surface area (Å²) in [5, 5.41) is 24.0. The van der Waals surface area contributed by atoms with Crippen molar-refractivity contribution in [1.29, 1.82) is 5.26 Å². The number of carbonyl (C=O) groups is 1. The molecule has 0 saturated carbocycles. The van der Waals surface area contributed by atoms with Crippen molar-refractivity contribution in [2.75, 3.05) is 18.5 Å². The molecule has 27 heavy (non-hydrogen) atoms. The molecule has 1 aromatic heterocycles. The number of hydrogen-bond acceptors (Lipinski definition) is 6. The third kappa shape index (κ3) is 4.71. The van der Waals surface area contributed by atoms with Gasteiger partial charge < -0.3 is 20.6 Å². The van der Waals surface area contributed by atoms with Crippen LogP contribution in [0.5, 0.6) is 0 Å². The standard InChI is InChI=1S/C19H22N6O2/c1-13(12-26)23-18-21-10-16-5-6-25(11-17(16)24-18)19(27)22-9-15-4-2-3-14(7-15)8-20/h2-4,7,10,13,26H,5-6,9,11-12H2,1H3,(H,22,27)(H,21,23,24). The van der Waals surface area contributed by atoms with E-state index in [0.29, 0.717) is 37.6 Å². The maximum atomic E-state index is 12.5. The fourth-order valence-corrected chi connectivity index (χ4v) is 2.85. The Bertz CT molecular complexity index is 864. The van der Waals surface area contributed by atoms with Crippen molar-refractivity contribution in [2.24, 2.45) is 0 Å². The zero-order valence-corrected chi connectivity index (χ0v) is 15.1. The van der Waals surface area contributed by atoms with Crippen LogP contribution in [0.25, 0.3) is 0 Å². The molecule has 1 aromatic carbocycles. The zero-order valence-electron chi connectivity index (χ0n) is 15.1. The molecule has 0 spiro atoms. The zero-order chi connectivity index (χ0) is 19.2. The van der Waals surface area contributed by atoms with E-state index >= 15 is 0 Å². The summed E-state index contributed by atoms with van der Waals surface area (Å²) >= 11 is 0. The van der Waals surface area contributed by atoms with Crippen LogP contribution in [0.3, 0.4) is 0 Å². The number of nitrogens with one attached hydrogen (secondary N) is 2. The average molecular weight is 366 g/mol. The number of anilines is 1. The van der Waals surface area contributed by atoms with Gasteiger partial charge in [-0.15, -0.1) is 0 Å². The SMILES string of the molecule is CC(CO)Nc1ncc2c(n1)CN(C(=O)NCc1cccc(C#N)c1)CC2. The molecule has 8 heteroatoms. The van der Waals surface area contributed by atoms with Gasteiger partial charge in [-0.1, -0.05) is 12.1 Å². The highest BCUT2D eigenvalue weighted by molar-refractivity contribution is 5.74. The summed E-state index contributed by atoms with van der Waals surface area (Å²) in [6.07, 6.45) is 2.47. The average Bonchev–Trinajstić information content (AvgIpc) is 2.71. The fourth-order valence-electron chi connectivity index (χ4n) is 2.85. The van der Waals surface area contributed by atoms with Crippen molar-refractivity contribution in [2.45, 2.75) is 32.5 Å². The van der Waals surface area contributed by atoms with Gasteiger partial charge in [0, 0.05) is 25.3 Å². The van der Waals surface area contributed by atoms with Crippen LogP contribution in [0.2, 0.25) is 0 Å². The summed E-state index contributed by atoms with van der Waals surface area (Å²) in [5.41, 5.74) is 3.29. The summed E-state index contributed by atoms with van der Waals surface area (Å²) in [6, 6.07) is 8.96. The number of carbonyl (C=O) groups excluding carboxylic acids is 1.